The number of amides is 1. The number of fused-ring (bicyclic) bond motifs is 1. The zero-order valence-electron chi connectivity index (χ0n) is 13.7. The second-order valence-corrected chi connectivity index (χ2v) is 7.22. The highest BCUT2D eigenvalue weighted by Crippen LogP contribution is 2.32. The fourth-order valence-corrected chi connectivity index (χ4v) is 3.98. The van der Waals surface area contributed by atoms with Crippen LogP contribution in [-0.2, 0) is 27.3 Å². The Kier molecular flexibility index (Phi) is 5.76. The third-order valence-corrected chi connectivity index (χ3v) is 5.51. The Morgan fingerprint density at radius 2 is 1.88 bits per heavy atom. The summed E-state index contributed by atoms with van der Waals surface area (Å²) in [6, 6.07) is 12.8. The van der Waals surface area contributed by atoms with Gasteiger partial charge in [-0.25, -0.2) is 0 Å². The van der Waals surface area contributed by atoms with E-state index >= 15 is 0 Å². The molecule has 0 spiro atoms. The highest BCUT2D eigenvalue weighted by molar-refractivity contribution is 7.16. The summed E-state index contributed by atoms with van der Waals surface area (Å²) < 4.78 is 7.07. The molecule has 0 atom stereocenters. The van der Waals surface area contributed by atoms with E-state index in [9.17, 15) is 9.59 Å². The van der Waals surface area contributed by atoms with Crippen LogP contribution in [0.3, 0.4) is 0 Å². The van der Waals surface area contributed by atoms with Gasteiger partial charge in [-0.15, -0.1) is 0 Å². The molecule has 134 valence electrons. The van der Waals surface area contributed by atoms with E-state index in [0.717, 1.165) is 10.3 Å². The minimum atomic E-state index is -0.474. The number of carbonyl (C=O) groups excluding carboxylic acids is 2. The summed E-state index contributed by atoms with van der Waals surface area (Å²) in [5.74, 6) is -0.790. The summed E-state index contributed by atoms with van der Waals surface area (Å²) in [5.41, 5.74) is 1.42. The third-order valence-electron chi connectivity index (χ3n) is 3.67. The zero-order chi connectivity index (χ0) is 18.7. The second kappa shape index (κ2) is 8.03. The van der Waals surface area contributed by atoms with Gasteiger partial charge in [0.1, 0.15) is 6.54 Å². The topological polar surface area (TPSA) is 60.7 Å². The maximum atomic E-state index is 12.4. The molecule has 0 aliphatic heterocycles. The number of hydrogen-bond donors (Lipinski definition) is 0. The first-order valence-corrected chi connectivity index (χ1v) is 9.22. The van der Waals surface area contributed by atoms with Crippen LogP contribution >= 0.6 is 34.5 Å². The van der Waals surface area contributed by atoms with Gasteiger partial charge in [0.2, 0.25) is 0 Å². The number of esters is 1. The van der Waals surface area contributed by atoms with Crippen LogP contribution in [0, 0.1) is 0 Å². The Balaban J connectivity index is 2.09. The van der Waals surface area contributed by atoms with Gasteiger partial charge in [-0.3, -0.25) is 9.59 Å². The standard InChI is InChI=1S/C18H14Cl2N2O3S/c1-25-15(24)10-22-17-13(8-7-12(19)16(17)20)26-18(22)21-14(23)9-11-5-3-2-4-6-11/h2-8H,9-10H2,1H3. The molecule has 0 fully saturated rings. The van der Waals surface area contributed by atoms with E-state index in [4.69, 9.17) is 27.9 Å². The van der Waals surface area contributed by atoms with Crippen LogP contribution in [0.4, 0.5) is 0 Å². The largest absolute Gasteiger partial charge is 0.468 e. The summed E-state index contributed by atoms with van der Waals surface area (Å²) >= 11 is 13.7. The molecule has 0 aliphatic carbocycles. The highest BCUT2D eigenvalue weighted by Gasteiger charge is 2.16. The van der Waals surface area contributed by atoms with Gasteiger partial charge >= 0.3 is 5.97 Å². The molecule has 0 unspecified atom stereocenters. The van der Waals surface area contributed by atoms with Crippen molar-refractivity contribution in [1.82, 2.24) is 4.57 Å². The van der Waals surface area contributed by atoms with Gasteiger partial charge in [-0.1, -0.05) is 64.9 Å². The average Bonchev–Trinajstić information content (AvgIpc) is 2.96. The van der Waals surface area contributed by atoms with Gasteiger partial charge < -0.3 is 9.30 Å². The predicted octanol–water partition coefficient (Wildman–Crippen LogP) is 3.85. The van der Waals surface area contributed by atoms with Gasteiger partial charge in [-0.2, -0.15) is 4.99 Å². The molecular formula is C18H14Cl2N2O3S. The number of thiazole rings is 1. The van der Waals surface area contributed by atoms with Crippen LogP contribution in [0.1, 0.15) is 5.56 Å². The summed E-state index contributed by atoms with van der Waals surface area (Å²) in [6.07, 6.45) is 0.168. The van der Waals surface area contributed by atoms with Gasteiger partial charge in [0.05, 0.1) is 33.8 Å². The molecular weight excluding hydrogens is 395 g/mol. The Labute approximate surface area is 163 Å². The van der Waals surface area contributed by atoms with Crippen molar-refractivity contribution in [3.05, 3.63) is 62.9 Å². The molecule has 0 radical (unpaired) electrons. The molecule has 1 amide bonds. The monoisotopic (exact) mass is 408 g/mol. The molecule has 0 aliphatic rings. The number of ether oxygens (including phenoxy) is 1. The predicted molar refractivity (Wildman–Crippen MR) is 103 cm³/mol. The first-order chi connectivity index (χ1) is 12.5. The van der Waals surface area contributed by atoms with Crippen molar-refractivity contribution in [2.24, 2.45) is 4.99 Å². The number of rotatable bonds is 4. The first-order valence-electron chi connectivity index (χ1n) is 7.65. The summed E-state index contributed by atoms with van der Waals surface area (Å²) in [6.45, 7) is -0.117. The fraction of sp³-hybridized carbons (Fsp3) is 0.167. The minimum absolute atomic E-state index is 0.117. The first kappa shape index (κ1) is 18.6. The van der Waals surface area contributed by atoms with Gasteiger partial charge in [0.25, 0.3) is 5.91 Å². The van der Waals surface area contributed by atoms with E-state index in [2.05, 4.69) is 4.99 Å². The lowest BCUT2D eigenvalue weighted by Crippen LogP contribution is -2.22. The molecule has 1 aromatic heterocycles. The van der Waals surface area contributed by atoms with Gasteiger partial charge in [-0.05, 0) is 17.7 Å². The number of nitrogens with zero attached hydrogens (tertiary/aromatic N) is 2. The molecule has 0 saturated heterocycles. The van der Waals surface area contributed by atoms with E-state index in [1.807, 2.05) is 30.3 Å². The number of aromatic nitrogens is 1. The quantitative estimate of drug-likeness (QED) is 0.615. The van der Waals surface area contributed by atoms with Crippen molar-refractivity contribution in [3.8, 4) is 0 Å². The summed E-state index contributed by atoms with van der Waals surface area (Å²) in [5, 5.41) is 0.666. The molecule has 3 rings (SSSR count). The number of carbonyl (C=O) groups is 2. The molecule has 3 aromatic rings. The van der Waals surface area contributed by atoms with Gasteiger partial charge in [0, 0.05) is 0 Å². The molecule has 1 heterocycles. The normalized spacial score (nSPS) is 11.7. The summed E-state index contributed by atoms with van der Waals surface area (Å²) in [4.78, 5) is 28.7. The molecule has 2 aromatic carbocycles. The Bertz CT molecular complexity index is 1040. The van der Waals surface area contributed by atoms with E-state index in [0.29, 0.717) is 20.4 Å². The Morgan fingerprint density at radius 1 is 1.15 bits per heavy atom. The van der Waals surface area contributed by atoms with Crippen molar-refractivity contribution in [1.29, 1.82) is 0 Å². The molecule has 8 heteroatoms. The minimum Gasteiger partial charge on any atom is -0.468 e. The smallest absolute Gasteiger partial charge is 0.325 e. The van der Waals surface area contributed by atoms with Crippen LogP contribution < -0.4 is 4.80 Å². The van der Waals surface area contributed by atoms with Crippen molar-refractivity contribution < 1.29 is 14.3 Å². The molecule has 5 nitrogen and oxygen atoms in total. The van der Waals surface area contributed by atoms with Crippen molar-refractivity contribution in [2.75, 3.05) is 7.11 Å². The lowest BCUT2D eigenvalue weighted by Gasteiger charge is -2.06. The number of halogens is 2. The maximum Gasteiger partial charge on any atom is 0.325 e. The molecule has 0 N–H and O–H groups in total. The van der Waals surface area contributed by atoms with Crippen LogP contribution in [0.25, 0.3) is 10.2 Å². The van der Waals surface area contributed by atoms with E-state index in [1.54, 1.807) is 16.7 Å². The number of hydrogen-bond acceptors (Lipinski definition) is 4. The van der Waals surface area contributed by atoms with Crippen LogP contribution in [0.15, 0.2) is 47.5 Å². The molecule has 0 saturated carbocycles. The SMILES string of the molecule is COC(=O)Cn1c(=NC(=O)Cc2ccccc2)sc2ccc(Cl)c(Cl)c21. The van der Waals surface area contributed by atoms with E-state index < -0.39 is 5.97 Å². The average molecular weight is 409 g/mol. The molecule has 0 bridgehead atoms. The van der Waals surface area contributed by atoms with Crippen molar-refractivity contribution >= 4 is 56.6 Å². The van der Waals surface area contributed by atoms with Crippen LogP contribution in [0.2, 0.25) is 10.0 Å². The molecule has 26 heavy (non-hydrogen) atoms. The van der Waals surface area contributed by atoms with Crippen LogP contribution in [0.5, 0.6) is 0 Å². The highest BCUT2D eigenvalue weighted by atomic mass is 35.5. The summed E-state index contributed by atoms with van der Waals surface area (Å²) in [7, 11) is 1.30. The Hall–Kier alpha value is -2.15. The lowest BCUT2D eigenvalue weighted by molar-refractivity contribution is -0.141. The van der Waals surface area contributed by atoms with Crippen molar-refractivity contribution in [2.45, 2.75) is 13.0 Å². The zero-order valence-corrected chi connectivity index (χ0v) is 16.1. The van der Waals surface area contributed by atoms with E-state index in [-0.39, 0.29) is 18.9 Å². The Morgan fingerprint density at radius 3 is 2.58 bits per heavy atom. The fourth-order valence-electron chi connectivity index (χ4n) is 2.45. The van der Waals surface area contributed by atoms with Gasteiger partial charge in [0.15, 0.2) is 4.80 Å². The van der Waals surface area contributed by atoms with Crippen LogP contribution in [-0.4, -0.2) is 23.6 Å². The second-order valence-electron chi connectivity index (χ2n) is 5.42. The maximum absolute atomic E-state index is 12.4. The third kappa shape index (κ3) is 3.98. The van der Waals surface area contributed by atoms with E-state index in [1.165, 1.54) is 18.4 Å². The lowest BCUT2D eigenvalue weighted by atomic mass is 10.1. The number of benzene rings is 2. The van der Waals surface area contributed by atoms with Crippen molar-refractivity contribution in [3.63, 3.8) is 0 Å². The number of methoxy groups -OCH3 is 1.